The third-order valence-electron chi connectivity index (χ3n) is 2.59. The van der Waals surface area contributed by atoms with Crippen LogP contribution in [0.1, 0.15) is 13.3 Å². The van der Waals surface area contributed by atoms with Gasteiger partial charge in [-0.1, -0.05) is 6.92 Å². The summed E-state index contributed by atoms with van der Waals surface area (Å²) in [5, 5.41) is 16.9. The van der Waals surface area contributed by atoms with Gasteiger partial charge in [-0.3, -0.25) is 10.1 Å². The van der Waals surface area contributed by atoms with Crippen LogP contribution in [0.5, 0.6) is 0 Å². The Labute approximate surface area is 110 Å². The molecule has 0 atom stereocenters. The lowest BCUT2D eigenvalue weighted by Crippen LogP contribution is -2.22. The smallest absolute Gasteiger partial charge is 0.295 e. The van der Waals surface area contributed by atoms with Crippen molar-refractivity contribution < 1.29 is 9.34 Å². The highest BCUT2D eigenvalue weighted by molar-refractivity contribution is 5.77. The van der Waals surface area contributed by atoms with Crippen LogP contribution in [-0.4, -0.2) is 29.5 Å². The number of hydrogen-bond donors (Lipinski definition) is 2. The van der Waals surface area contributed by atoms with E-state index in [1.54, 1.807) is 6.07 Å². The zero-order valence-corrected chi connectivity index (χ0v) is 10.7. The number of anilines is 1. The number of fused-ring (bicyclic) bond motifs is 1. The molecule has 2 rings (SSSR count). The van der Waals surface area contributed by atoms with Crippen molar-refractivity contribution in [1.29, 1.82) is 0 Å². The fourth-order valence-corrected chi connectivity index (χ4v) is 1.66. The molecule has 2 aromatic rings. The number of hydrogen-bond acceptors (Lipinski definition) is 6. The quantitative estimate of drug-likeness (QED) is 0.452. The van der Waals surface area contributed by atoms with Crippen LogP contribution in [0.4, 0.5) is 11.7 Å². The largest absolute Gasteiger partial charge is 0.424 e. The highest BCUT2D eigenvalue weighted by Gasteiger charge is 2.11. The van der Waals surface area contributed by atoms with Gasteiger partial charge < -0.3 is 15.1 Å². The van der Waals surface area contributed by atoms with Crippen LogP contribution in [0.15, 0.2) is 22.6 Å². The van der Waals surface area contributed by atoms with E-state index in [0.717, 1.165) is 19.5 Å². The summed E-state index contributed by atoms with van der Waals surface area (Å²) in [6.45, 7) is 4.58. The van der Waals surface area contributed by atoms with E-state index in [2.05, 4.69) is 22.5 Å². The van der Waals surface area contributed by atoms with Gasteiger partial charge in [0.25, 0.3) is 11.7 Å². The maximum absolute atomic E-state index is 10.6. The Balaban J connectivity index is 1.99. The number of nitro groups is 1. The lowest BCUT2D eigenvalue weighted by Gasteiger charge is -2.02. The van der Waals surface area contributed by atoms with Gasteiger partial charge in [-0.25, -0.2) is 0 Å². The standard InChI is InChI=1S/C12H16N4O3/c1-2-5-13-6-7-14-12-15-10-8-9(16(17)18)3-4-11(10)19-12/h3-4,8,13H,2,5-7H2,1H3,(H,14,15). The molecule has 2 N–H and O–H groups in total. The predicted octanol–water partition coefficient (Wildman–Crippen LogP) is 2.15. The third-order valence-corrected chi connectivity index (χ3v) is 2.59. The van der Waals surface area contributed by atoms with Crippen molar-refractivity contribution in [3.8, 4) is 0 Å². The predicted molar refractivity (Wildman–Crippen MR) is 72.3 cm³/mol. The van der Waals surface area contributed by atoms with E-state index in [4.69, 9.17) is 4.42 Å². The van der Waals surface area contributed by atoms with Gasteiger partial charge in [0.05, 0.1) is 4.92 Å². The van der Waals surface area contributed by atoms with E-state index in [1.807, 2.05) is 0 Å². The number of nitrogens with zero attached hydrogens (tertiary/aromatic N) is 2. The first-order chi connectivity index (χ1) is 9.20. The summed E-state index contributed by atoms with van der Waals surface area (Å²) < 4.78 is 5.44. The van der Waals surface area contributed by atoms with Crippen LogP contribution in [0.3, 0.4) is 0 Å². The molecule has 7 heteroatoms. The molecule has 0 radical (unpaired) electrons. The molecule has 0 fully saturated rings. The second-order valence-electron chi connectivity index (χ2n) is 4.10. The van der Waals surface area contributed by atoms with Crippen LogP contribution in [0.25, 0.3) is 11.1 Å². The summed E-state index contributed by atoms with van der Waals surface area (Å²) in [5.74, 6) is 0. The highest BCUT2D eigenvalue weighted by atomic mass is 16.6. The Morgan fingerprint density at radius 2 is 2.21 bits per heavy atom. The van der Waals surface area contributed by atoms with Gasteiger partial charge in [0.2, 0.25) is 0 Å². The Bertz CT molecular complexity index is 567. The number of nitro benzene ring substituents is 1. The van der Waals surface area contributed by atoms with Crippen molar-refractivity contribution in [3.05, 3.63) is 28.3 Å². The van der Waals surface area contributed by atoms with E-state index in [0.29, 0.717) is 23.7 Å². The Kier molecular flexibility index (Phi) is 4.30. The molecule has 1 aromatic carbocycles. The van der Waals surface area contributed by atoms with E-state index in [-0.39, 0.29) is 5.69 Å². The van der Waals surface area contributed by atoms with Gasteiger partial charge >= 0.3 is 0 Å². The Hall–Kier alpha value is -2.15. The van der Waals surface area contributed by atoms with Gasteiger partial charge in [-0.05, 0) is 19.0 Å². The Morgan fingerprint density at radius 3 is 2.95 bits per heavy atom. The molecule has 0 aliphatic rings. The number of benzene rings is 1. The van der Waals surface area contributed by atoms with E-state index in [1.165, 1.54) is 12.1 Å². The second-order valence-corrected chi connectivity index (χ2v) is 4.10. The maximum atomic E-state index is 10.6. The summed E-state index contributed by atoms with van der Waals surface area (Å²) in [5.41, 5.74) is 1.03. The van der Waals surface area contributed by atoms with E-state index >= 15 is 0 Å². The number of rotatable bonds is 7. The molecule has 102 valence electrons. The van der Waals surface area contributed by atoms with Crippen molar-refractivity contribution in [2.24, 2.45) is 0 Å². The van der Waals surface area contributed by atoms with Crippen molar-refractivity contribution >= 4 is 22.8 Å². The molecule has 7 nitrogen and oxygen atoms in total. The molecule has 19 heavy (non-hydrogen) atoms. The molecule has 0 bridgehead atoms. The van der Waals surface area contributed by atoms with Crippen LogP contribution >= 0.6 is 0 Å². The number of non-ortho nitro benzene ring substituents is 1. The Morgan fingerprint density at radius 1 is 1.37 bits per heavy atom. The molecule has 0 saturated heterocycles. The number of aromatic nitrogens is 1. The minimum atomic E-state index is -0.449. The zero-order chi connectivity index (χ0) is 13.7. The first-order valence-electron chi connectivity index (χ1n) is 6.20. The molecule has 0 aliphatic heterocycles. The average Bonchev–Trinajstić information content (AvgIpc) is 2.80. The molecule has 0 unspecified atom stereocenters. The molecule has 0 saturated carbocycles. The van der Waals surface area contributed by atoms with Crippen LogP contribution in [0.2, 0.25) is 0 Å². The van der Waals surface area contributed by atoms with Gasteiger partial charge in [0, 0.05) is 25.2 Å². The third kappa shape index (κ3) is 3.41. The van der Waals surface area contributed by atoms with Crippen molar-refractivity contribution in [1.82, 2.24) is 10.3 Å². The maximum Gasteiger partial charge on any atom is 0.295 e. The van der Waals surface area contributed by atoms with Gasteiger partial charge in [0.1, 0.15) is 5.52 Å². The topological polar surface area (TPSA) is 93.2 Å². The van der Waals surface area contributed by atoms with E-state index in [9.17, 15) is 10.1 Å². The van der Waals surface area contributed by atoms with Crippen LogP contribution in [-0.2, 0) is 0 Å². The number of nitrogens with one attached hydrogen (secondary N) is 2. The molecule has 1 aromatic heterocycles. The summed E-state index contributed by atoms with van der Waals surface area (Å²) in [7, 11) is 0. The van der Waals surface area contributed by atoms with Gasteiger partial charge in [0.15, 0.2) is 5.58 Å². The molecule has 0 aliphatic carbocycles. The van der Waals surface area contributed by atoms with Crippen LogP contribution < -0.4 is 10.6 Å². The summed E-state index contributed by atoms with van der Waals surface area (Å²) in [4.78, 5) is 14.4. The molecule has 0 amide bonds. The summed E-state index contributed by atoms with van der Waals surface area (Å²) in [6, 6.07) is 4.74. The van der Waals surface area contributed by atoms with Gasteiger partial charge in [-0.15, -0.1) is 0 Å². The van der Waals surface area contributed by atoms with Crippen molar-refractivity contribution in [3.63, 3.8) is 0 Å². The van der Waals surface area contributed by atoms with Crippen molar-refractivity contribution in [2.45, 2.75) is 13.3 Å². The molecule has 0 spiro atoms. The summed E-state index contributed by atoms with van der Waals surface area (Å²) in [6.07, 6.45) is 1.09. The molecule has 1 heterocycles. The zero-order valence-electron chi connectivity index (χ0n) is 10.7. The summed E-state index contributed by atoms with van der Waals surface area (Å²) >= 11 is 0. The lowest BCUT2D eigenvalue weighted by atomic mass is 10.3. The lowest BCUT2D eigenvalue weighted by molar-refractivity contribution is -0.384. The normalized spacial score (nSPS) is 10.8. The van der Waals surface area contributed by atoms with Gasteiger partial charge in [-0.2, -0.15) is 4.98 Å². The minimum absolute atomic E-state index is 0.0111. The first-order valence-corrected chi connectivity index (χ1v) is 6.20. The number of oxazole rings is 1. The van der Waals surface area contributed by atoms with Crippen molar-refractivity contribution in [2.75, 3.05) is 25.0 Å². The fraction of sp³-hybridized carbons (Fsp3) is 0.417. The average molecular weight is 264 g/mol. The van der Waals surface area contributed by atoms with E-state index < -0.39 is 4.92 Å². The van der Waals surface area contributed by atoms with Crippen LogP contribution in [0, 0.1) is 10.1 Å². The SMILES string of the molecule is CCCNCCNc1nc2cc([N+](=O)[O-])ccc2o1. The molecular weight excluding hydrogens is 248 g/mol. The second kappa shape index (κ2) is 6.14. The molecular formula is C12H16N4O3. The highest BCUT2D eigenvalue weighted by Crippen LogP contribution is 2.23. The minimum Gasteiger partial charge on any atom is -0.424 e. The monoisotopic (exact) mass is 264 g/mol. The fourth-order valence-electron chi connectivity index (χ4n) is 1.66. The first kappa shape index (κ1) is 13.3.